The van der Waals surface area contributed by atoms with Crippen molar-refractivity contribution in [1.82, 2.24) is 9.88 Å². The topological polar surface area (TPSA) is 74.0 Å². The van der Waals surface area contributed by atoms with Crippen molar-refractivity contribution >= 4 is 10.9 Å². The van der Waals surface area contributed by atoms with Crippen molar-refractivity contribution in [3.63, 3.8) is 0 Å². The van der Waals surface area contributed by atoms with Crippen LogP contribution >= 0.6 is 0 Å². The van der Waals surface area contributed by atoms with E-state index in [9.17, 15) is 18.0 Å². The van der Waals surface area contributed by atoms with Crippen LogP contribution in [0.15, 0.2) is 51.9 Å². The molecular formula is C25H27F3N2O5. The molecule has 0 spiro atoms. The summed E-state index contributed by atoms with van der Waals surface area (Å²) in [4.78, 5) is 18.7. The third-order valence-electron chi connectivity index (χ3n) is 5.62. The van der Waals surface area contributed by atoms with Crippen LogP contribution in [0.4, 0.5) is 13.2 Å². The molecule has 2 aromatic heterocycles. The SMILES string of the molecule is O=c1cc(CN2CCOCC2)occ1OCCCCCOc1ccc2cc(C(F)(F)F)ccc2n1. The number of hydrogen-bond donors (Lipinski definition) is 0. The molecule has 0 saturated carbocycles. The van der Waals surface area contributed by atoms with E-state index in [1.165, 1.54) is 18.4 Å². The number of aromatic nitrogens is 1. The minimum Gasteiger partial charge on any atom is -0.487 e. The summed E-state index contributed by atoms with van der Waals surface area (Å²) >= 11 is 0. The molecule has 1 aliphatic heterocycles. The Morgan fingerprint density at radius 3 is 2.49 bits per heavy atom. The van der Waals surface area contributed by atoms with Gasteiger partial charge in [0.25, 0.3) is 0 Å². The lowest BCUT2D eigenvalue weighted by Crippen LogP contribution is -2.35. The van der Waals surface area contributed by atoms with Crippen LogP contribution in [0.1, 0.15) is 30.6 Å². The minimum absolute atomic E-state index is 0.195. The second kappa shape index (κ2) is 11.5. The Bertz CT molecular complexity index is 1180. The molecule has 188 valence electrons. The van der Waals surface area contributed by atoms with Crippen molar-refractivity contribution in [1.29, 1.82) is 0 Å². The number of hydrogen-bond acceptors (Lipinski definition) is 7. The molecule has 1 aliphatic rings. The van der Waals surface area contributed by atoms with Gasteiger partial charge in [-0.3, -0.25) is 9.69 Å². The first-order valence-electron chi connectivity index (χ1n) is 11.5. The van der Waals surface area contributed by atoms with Gasteiger partial charge in [0.15, 0.2) is 0 Å². The standard InChI is InChI=1S/C25H27F3N2O5/c26-25(27,28)19-5-6-21-18(14-19)4-7-24(29-21)34-11-3-1-2-10-33-23-17-35-20(15-22(23)31)16-30-8-12-32-13-9-30/h4-7,14-15,17H,1-3,8-13,16H2. The highest BCUT2D eigenvalue weighted by molar-refractivity contribution is 5.80. The van der Waals surface area contributed by atoms with Crippen LogP contribution in [0.5, 0.6) is 11.6 Å². The van der Waals surface area contributed by atoms with Gasteiger partial charge in [0.1, 0.15) is 12.0 Å². The highest BCUT2D eigenvalue weighted by atomic mass is 19.4. The zero-order valence-electron chi connectivity index (χ0n) is 19.2. The molecule has 3 heterocycles. The fraction of sp³-hybridized carbons (Fsp3) is 0.440. The summed E-state index contributed by atoms with van der Waals surface area (Å²) < 4.78 is 60.5. The number of halogens is 3. The van der Waals surface area contributed by atoms with Gasteiger partial charge < -0.3 is 18.6 Å². The molecule has 1 saturated heterocycles. The lowest BCUT2D eigenvalue weighted by atomic mass is 10.1. The van der Waals surface area contributed by atoms with Crippen molar-refractivity contribution in [2.45, 2.75) is 32.0 Å². The van der Waals surface area contributed by atoms with Gasteiger partial charge in [-0.1, -0.05) is 0 Å². The van der Waals surface area contributed by atoms with Crippen LogP contribution in [0, 0.1) is 0 Å². The summed E-state index contributed by atoms with van der Waals surface area (Å²) in [5.41, 5.74) is -0.462. The number of pyridine rings is 1. The first-order valence-corrected chi connectivity index (χ1v) is 11.5. The number of alkyl halides is 3. The number of rotatable bonds is 10. The molecule has 35 heavy (non-hydrogen) atoms. The largest absolute Gasteiger partial charge is 0.487 e. The van der Waals surface area contributed by atoms with E-state index in [1.54, 1.807) is 12.1 Å². The Morgan fingerprint density at radius 2 is 1.74 bits per heavy atom. The van der Waals surface area contributed by atoms with Gasteiger partial charge in [0.2, 0.25) is 17.1 Å². The predicted molar refractivity (Wildman–Crippen MR) is 123 cm³/mol. The molecule has 3 aromatic rings. The molecular weight excluding hydrogens is 465 g/mol. The maximum atomic E-state index is 12.8. The molecule has 0 unspecified atom stereocenters. The molecule has 0 aliphatic carbocycles. The van der Waals surface area contributed by atoms with E-state index in [0.29, 0.717) is 55.5 Å². The molecule has 0 N–H and O–H groups in total. The third-order valence-corrected chi connectivity index (χ3v) is 5.62. The number of ether oxygens (including phenoxy) is 3. The second-order valence-corrected chi connectivity index (χ2v) is 8.28. The molecule has 0 radical (unpaired) electrons. The molecule has 1 aromatic carbocycles. The van der Waals surface area contributed by atoms with Gasteiger partial charge in [-0.15, -0.1) is 0 Å². The van der Waals surface area contributed by atoms with E-state index in [2.05, 4.69) is 9.88 Å². The lowest BCUT2D eigenvalue weighted by Gasteiger charge is -2.25. The van der Waals surface area contributed by atoms with Crippen molar-refractivity contribution in [2.75, 3.05) is 39.5 Å². The first kappa shape index (κ1) is 25.0. The maximum absolute atomic E-state index is 12.8. The van der Waals surface area contributed by atoms with Crippen LogP contribution < -0.4 is 14.9 Å². The molecule has 10 heteroatoms. The number of morpholine rings is 1. The molecule has 0 amide bonds. The van der Waals surface area contributed by atoms with E-state index in [0.717, 1.165) is 44.5 Å². The quantitative estimate of drug-likeness (QED) is 0.381. The first-order chi connectivity index (χ1) is 16.9. The molecule has 1 fully saturated rings. The van der Waals surface area contributed by atoms with Gasteiger partial charge in [-0.2, -0.15) is 13.2 Å². The average Bonchev–Trinajstić information content (AvgIpc) is 2.84. The fourth-order valence-electron chi connectivity index (χ4n) is 3.71. The second-order valence-electron chi connectivity index (χ2n) is 8.28. The Kier molecular flexibility index (Phi) is 8.25. The van der Waals surface area contributed by atoms with E-state index in [1.807, 2.05) is 0 Å². The Hall–Kier alpha value is -3.11. The van der Waals surface area contributed by atoms with Crippen LogP contribution in [0.25, 0.3) is 10.9 Å². The monoisotopic (exact) mass is 492 g/mol. The summed E-state index contributed by atoms with van der Waals surface area (Å²) in [5, 5.41) is 0.405. The van der Waals surface area contributed by atoms with Crippen LogP contribution in [0.3, 0.4) is 0 Å². The van der Waals surface area contributed by atoms with Gasteiger partial charge in [-0.25, -0.2) is 4.98 Å². The maximum Gasteiger partial charge on any atom is 0.416 e. The number of benzene rings is 1. The van der Waals surface area contributed by atoms with Gasteiger partial charge in [0, 0.05) is 30.6 Å². The summed E-state index contributed by atoms with van der Waals surface area (Å²) in [7, 11) is 0. The molecule has 4 rings (SSSR count). The summed E-state index contributed by atoms with van der Waals surface area (Å²) in [6.07, 6.45) is -0.746. The summed E-state index contributed by atoms with van der Waals surface area (Å²) in [6, 6.07) is 8.03. The van der Waals surface area contributed by atoms with E-state index >= 15 is 0 Å². The Morgan fingerprint density at radius 1 is 0.971 bits per heavy atom. The third kappa shape index (κ3) is 7.19. The zero-order valence-corrected chi connectivity index (χ0v) is 19.2. The van der Waals surface area contributed by atoms with Gasteiger partial charge in [0.05, 0.1) is 44.1 Å². The normalized spacial score (nSPS) is 14.8. The number of unbranched alkanes of at least 4 members (excludes halogenated alkanes) is 2. The van der Waals surface area contributed by atoms with Crippen LogP contribution in [0.2, 0.25) is 0 Å². The summed E-state index contributed by atoms with van der Waals surface area (Å²) in [5.74, 6) is 1.16. The number of nitrogens with zero attached hydrogens (tertiary/aromatic N) is 2. The highest BCUT2D eigenvalue weighted by Crippen LogP contribution is 2.31. The van der Waals surface area contributed by atoms with Gasteiger partial charge in [-0.05, 0) is 43.5 Å². The molecule has 0 atom stereocenters. The van der Waals surface area contributed by atoms with Crippen molar-refractivity contribution < 1.29 is 31.8 Å². The van der Waals surface area contributed by atoms with Crippen molar-refractivity contribution in [3.8, 4) is 11.6 Å². The smallest absolute Gasteiger partial charge is 0.416 e. The number of fused-ring (bicyclic) bond motifs is 1. The Balaban J connectivity index is 1.15. The average molecular weight is 492 g/mol. The zero-order chi connectivity index (χ0) is 24.7. The van der Waals surface area contributed by atoms with E-state index < -0.39 is 11.7 Å². The molecule has 0 bridgehead atoms. The van der Waals surface area contributed by atoms with E-state index in [4.69, 9.17) is 18.6 Å². The van der Waals surface area contributed by atoms with Crippen LogP contribution in [-0.2, 0) is 17.5 Å². The van der Waals surface area contributed by atoms with Crippen molar-refractivity contribution in [2.24, 2.45) is 0 Å². The predicted octanol–water partition coefficient (Wildman–Crippen LogP) is 4.67. The fourth-order valence-corrected chi connectivity index (χ4v) is 3.71. The Labute approximate surface area is 200 Å². The van der Waals surface area contributed by atoms with Crippen LogP contribution in [-0.4, -0.2) is 49.4 Å². The minimum atomic E-state index is -4.39. The molecule has 7 nitrogen and oxygen atoms in total. The highest BCUT2D eigenvalue weighted by Gasteiger charge is 2.30. The lowest BCUT2D eigenvalue weighted by molar-refractivity contribution is -0.137. The van der Waals surface area contributed by atoms with Gasteiger partial charge >= 0.3 is 6.18 Å². The van der Waals surface area contributed by atoms with Crippen molar-refractivity contribution in [3.05, 3.63) is 64.2 Å². The van der Waals surface area contributed by atoms with E-state index in [-0.39, 0.29) is 11.2 Å². The summed E-state index contributed by atoms with van der Waals surface area (Å²) in [6.45, 7) is 4.35.